The second-order valence-electron chi connectivity index (χ2n) is 9.77. The predicted molar refractivity (Wildman–Crippen MR) is 147 cm³/mol. The van der Waals surface area contributed by atoms with Crippen LogP contribution in [-0.2, 0) is 14.8 Å². The van der Waals surface area contributed by atoms with E-state index < -0.39 is 10.0 Å². The number of carbonyl (C=O) groups excluding carboxylic acids is 1. The van der Waals surface area contributed by atoms with Crippen molar-refractivity contribution in [3.8, 4) is 0 Å². The van der Waals surface area contributed by atoms with Crippen LogP contribution in [0.2, 0.25) is 0 Å². The Morgan fingerprint density at radius 1 is 1.05 bits per heavy atom. The minimum Gasteiger partial charge on any atom is -0.377 e. The third kappa shape index (κ3) is 5.94. The van der Waals surface area contributed by atoms with Crippen molar-refractivity contribution in [2.24, 2.45) is 5.92 Å². The van der Waals surface area contributed by atoms with Crippen molar-refractivity contribution in [2.75, 3.05) is 37.4 Å². The van der Waals surface area contributed by atoms with Crippen LogP contribution in [0, 0.1) is 26.7 Å². The topological polar surface area (TPSA) is 95.8 Å². The summed E-state index contributed by atoms with van der Waals surface area (Å²) in [7, 11) is 0.0963. The van der Waals surface area contributed by atoms with Gasteiger partial charge in [0.1, 0.15) is 5.69 Å². The quantitative estimate of drug-likeness (QED) is 0.475. The number of carbonyl (C=O) groups is 1. The molecule has 2 heterocycles. The van der Waals surface area contributed by atoms with E-state index in [4.69, 9.17) is 4.52 Å². The number of piperidine rings is 1. The van der Waals surface area contributed by atoms with Crippen molar-refractivity contribution in [2.45, 2.75) is 38.5 Å². The third-order valence-corrected chi connectivity index (χ3v) is 8.78. The van der Waals surface area contributed by atoms with Crippen LogP contribution in [0.3, 0.4) is 0 Å². The maximum Gasteiger partial charge on any atom is 0.248 e. The maximum absolute atomic E-state index is 13.5. The summed E-state index contributed by atoms with van der Waals surface area (Å²) in [6, 6.07) is 13.7. The second kappa shape index (κ2) is 10.9. The first-order valence-corrected chi connectivity index (χ1v) is 13.8. The Bertz CT molecular complexity index is 1400. The van der Waals surface area contributed by atoms with Gasteiger partial charge in [0.15, 0.2) is 10.7 Å². The number of nitrogens with one attached hydrogen (secondary N) is 1. The van der Waals surface area contributed by atoms with Gasteiger partial charge in [0.2, 0.25) is 15.9 Å². The largest absolute Gasteiger partial charge is 0.377 e. The summed E-state index contributed by atoms with van der Waals surface area (Å²) in [5.41, 5.74) is 5.29. The summed E-state index contributed by atoms with van der Waals surface area (Å²) in [6.07, 6.45) is 4.33. The summed E-state index contributed by atoms with van der Waals surface area (Å²) in [6.45, 7) is 6.17. The number of rotatable bonds is 7. The van der Waals surface area contributed by atoms with Crippen LogP contribution in [0.15, 0.2) is 51.9 Å². The van der Waals surface area contributed by atoms with Gasteiger partial charge in [0, 0.05) is 44.5 Å². The highest BCUT2D eigenvalue weighted by Gasteiger charge is 2.36. The van der Waals surface area contributed by atoms with E-state index >= 15 is 0 Å². The first-order valence-electron chi connectivity index (χ1n) is 12.4. The minimum absolute atomic E-state index is 0.0784. The number of aromatic nitrogens is 1. The van der Waals surface area contributed by atoms with Crippen molar-refractivity contribution in [3.05, 3.63) is 70.6 Å². The molecule has 0 radical (unpaired) electrons. The van der Waals surface area contributed by atoms with Crippen LogP contribution in [0.25, 0.3) is 12.2 Å². The average molecular weight is 523 g/mol. The molecule has 1 saturated heterocycles. The highest BCUT2D eigenvalue weighted by molar-refractivity contribution is 7.89. The Balaban J connectivity index is 1.43. The lowest BCUT2D eigenvalue weighted by molar-refractivity contribution is -0.120. The third-order valence-electron chi connectivity index (χ3n) is 6.72. The number of anilines is 2. The van der Waals surface area contributed by atoms with E-state index in [-0.39, 0.29) is 35.6 Å². The lowest BCUT2D eigenvalue weighted by atomic mass is 9.97. The van der Waals surface area contributed by atoms with E-state index in [1.54, 1.807) is 13.0 Å². The Morgan fingerprint density at radius 3 is 2.38 bits per heavy atom. The van der Waals surface area contributed by atoms with Gasteiger partial charge in [-0.05, 0) is 62.9 Å². The zero-order chi connectivity index (χ0) is 26.7. The Labute approximate surface area is 219 Å². The van der Waals surface area contributed by atoms with Crippen molar-refractivity contribution in [3.63, 3.8) is 0 Å². The molecule has 2 aromatic carbocycles. The monoisotopic (exact) mass is 522 g/mol. The summed E-state index contributed by atoms with van der Waals surface area (Å²) >= 11 is 0. The van der Waals surface area contributed by atoms with Crippen LogP contribution in [0.4, 0.5) is 11.4 Å². The lowest BCUT2D eigenvalue weighted by Crippen LogP contribution is -2.41. The Morgan fingerprint density at radius 2 is 1.73 bits per heavy atom. The maximum atomic E-state index is 13.5. The number of hydrogen-bond donors (Lipinski definition) is 1. The molecule has 1 fully saturated rings. The number of benzene rings is 2. The molecular weight excluding hydrogens is 488 g/mol. The number of sulfonamides is 1. The summed E-state index contributed by atoms with van der Waals surface area (Å²) in [5.74, 6) is -0.150. The number of hydrogen-bond acceptors (Lipinski definition) is 6. The molecule has 0 unspecified atom stereocenters. The molecule has 8 nitrogen and oxygen atoms in total. The van der Waals surface area contributed by atoms with Gasteiger partial charge in [-0.2, -0.15) is 4.31 Å². The molecule has 1 aromatic heterocycles. The summed E-state index contributed by atoms with van der Waals surface area (Å²) in [5, 5.41) is 6.92. The molecule has 4 rings (SSSR count). The van der Waals surface area contributed by atoms with Crippen LogP contribution in [0.5, 0.6) is 0 Å². The van der Waals surface area contributed by atoms with Gasteiger partial charge in [0.05, 0.1) is 0 Å². The number of aryl methyl sites for hydroxylation is 3. The smallest absolute Gasteiger partial charge is 0.248 e. The lowest BCUT2D eigenvalue weighted by Gasteiger charge is -2.30. The highest BCUT2D eigenvalue weighted by Crippen LogP contribution is 2.30. The summed E-state index contributed by atoms with van der Waals surface area (Å²) in [4.78, 5) is 15.0. The van der Waals surface area contributed by atoms with Crippen molar-refractivity contribution in [1.82, 2.24) is 9.46 Å². The van der Waals surface area contributed by atoms with Crippen molar-refractivity contribution >= 4 is 39.5 Å². The fourth-order valence-corrected chi connectivity index (χ4v) is 6.27. The molecule has 1 N–H and O–H groups in total. The van der Waals surface area contributed by atoms with E-state index in [0.717, 1.165) is 28.1 Å². The average Bonchev–Trinajstić information content (AvgIpc) is 3.25. The van der Waals surface area contributed by atoms with Crippen LogP contribution >= 0.6 is 0 Å². The van der Waals surface area contributed by atoms with Crippen LogP contribution in [-0.4, -0.2) is 51.0 Å². The second-order valence-corrected chi connectivity index (χ2v) is 11.6. The molecule has 0 atom stereocenters. The molecule has 0 spiro atoms. The van der Waals surface area contributed by atoms with E-state index in [9.17, 15) is 13.2 Å². The van der Waals surface area contributed by atoms with Crippen molar-refractivity contribution < 1.29 is 17.7 Å². The highest BCUT2D eigenvalue weighted by atomic mass is 32.2. The van der Waals surface area contributed by atoms with Crippen LogP contribution < -0.4 is 10.2 Å². The molecular formula is C28H34N4O4S. The summed E-state index contributed by atoms with van der Waals surface area (Å²) < 4.78 is 33.9. The van der Waals surface area contributed by atoms with Gasteiger partial charge in [-0.3, -0.25) is 4.79 Å². The predicted octanol–water partition coefficient (Wildman–Crippen LogP) is 4.88. The fraction of sp³-hybridized carbons (Fsp3) is 0.357. The molecule has 196 valence electrons. The molecule has 1 amide bonds. The molecule has 37 heavy (non-hydrogen) atoms. The normalized spacial score (nSPS) is 15.3. The zero-order valence-corrected chi connectivity index (χ0v) is 22.8. The van der Waals surface area contributed by atoms with Crippen molar-refractivity contribution in [1.29, 1.82) is 0 Å². The van der Waals surface area contributed by atoms with Gasteiger partial charge in [0.25, 0.3) is 0 Å². The van der Waals surface area contributed by atoms with Gasteiger partial charge in [-0.1, -0.05) is 47.1 Å². The van der Waals surface area contributed by atoms with Gasteiger partial charge in [-0.25, -0.2) is 8.42 Å². The molecule has 0 saturated carbocycles. The van der Waals surface area contributed by atoms with Gasteiger partial charge >= 0.3 is 0 Å². The first kappa shape index (κ1) is 26.6. The number of amides is 1. The van der Waals surface area contributed by atoms with E-state index in [1.807, 2.05) is 81.4 Å². The molecule has 0 aliphatic carbocycles. The first-order chi connectivity index (χ1) is 17.6. The standard InChI is InChI=1S/C28H34N4O4S/c1-19-6-9-22(10-7-19)11-13-26-27(21(3)30-36-26)37(34,35)32-16-14-23(15-17-32)28(33)29-24-12-8-20(2)25(18-24)31(4)5/h6-13,18,23H,14-17H2,1-5H3,(H,29,33)/b13-11+. The van der Waals surface area contributed by atoms with Gasteiger partial charge in [-0.15, -0.1) is 0 Å². The number of nitrogens with zero attached hydrogens (tertiary/aromatic N) is 3. The zero-order valence-electron chi connectivity index (χ0n) is 22.0. The molecule has 9 heteroatoms. The molecule has 0 bridgehead atoms. The molecule has 1 aliphatic heterocycles. The van der Waals surface area contributed by atoms with E-state index in [0.29, 0.717) is 18.5 Å². The Hall–Kier alpha value is -3.43. The minimum atomic E-state index is -3.83. The fourth-order valence-electron chi connectivity index (χ4n) is 4.55. The van der Waals surface area contributed by atoms with Gasteiger partial charge < -0.3 is 14.7 Å². The molecule has 3 aromatic rings. The molecule has 1 aliphatic rings. The van der Waals surface area contributed by atoms with E-state index in [2.05, 4.69) is 10.5 Å². The van der Waals surface area contributed by atoms with E-state index in [1.165, 1.54) is 4.31 Å². The Kier molecular flexibility index (Phi) is 7.85. The SMILES string of the molecule is Cc1ccc(/C=C/c2onc(C)c2S(=O)(=O)N2CCC(C(=O)Nc3ccc(C)c(N(C)C)c3)CC2)cc1. The van der Waals surface area contributed by atoms with Crippen LogP contribution in [0.1, 0.15) is 41.0 Å².